The maximum absolute atomic E-state index is 10.7. The number of nitrogens with one attached hydrogen (secondary N) is 1. The molecule has 0 radical (unpaired) electrons. The van der Waals surface area contributed by atoms with Crippen molar-refractivity contribution in [1.29, 1.82) is 0 Å². The van der Waals surface area contributed by atoms with Gasteiger partial charge in [0.2, 0.25) is 0 Å². The Morgan fingerprint density at radius 1 is 1.25 bits per heavy atom. The van der Waals surface area contributed by atoms with Crippen molar-refractivity contribution in [1.82, 2.24) is 10.2 Å². The molecule has 1 saturated carbocycles. The molecule has 1 aromatic carbocycles. The van der Waals surface area contributed by atoms with Gasteiger partial charge < -0.3 is 20.1 Å². The Hall–Kier alpha value is -1.10. The lowest BCUT2D eigenvalue weighted by atomic mass is 9.89. The Bertz CT molecular complexity index is 476. The number of rotatable bonds is 9. The van der Waals surface area contributed by atoms with Crippen LogP contribution in [0.5, 0.6) is 5.75 Å². The van der Waals surface area contributed by atoms with Crippen LogP contribution in [0.3, 0.4) is 0 Å². The van der Waals surface area contributed by atoms with Gasteiger partial charge in [-0.1, -0.05) is 26.0 Å². The number of aliphatic hydroxyl groups is 1. The van der Waals surface area contributed by atoms with Crippen molar-refractivity contribution in [2.75, 3.05) is 26.2 Å². The third-order valence-corrected chi connectivity index (χ3v) is 5.03. The van der Waals surface area contributed by atoms with Crippen LogP contribution in [0.15, 0.2) is 24.3 Å². The standard InChI is InChI=1S/C20H34N2O2/c1-4-22(5-2)14-8-13-21-18-11-7-12-19(20(18)23)24-17-10-6-9-16(3)15-17/h6,9-10,15,18-21,23H,4-5,7-8,11-14H2,1-3H3/t18-,19+,20+/m0/s1. The predicted molar refractivity (Wildman–Crippen MR) is 99.6 cm³/mol. The maximum atomic E-state index is 10.7. The highest BCUT2D eigenvalue weighted by Crippen LogP contribution is 2.25. The number of benzene rings is 1. The van der Waals surface area contributed by atoms with E-state index in [2.05, 4.69) is 37.1 Å². The third kappa shape index (κ3) is 5.76. The van der Waals surface area contributed by atoms with E-state index in [1.807, 2.05) is 18.2 Å². The molecule has 1 aromatic rings. The monoisotopic (exact) mass is 334 g/mol. The van der Waals surface area contributed by atoms with Crippen LogP contribution in [0.25, 0.3) is 0 Å². The number of nitrogens with zero attached hydrogens (tertiary/aromatic N) is 1. The van der Waals surface area contributed by atoms with Crippen LogP contribution in [0.1, 0.15) is 45.1 Å². The van der Waals surface area contributed by atoms with Gasteiger partial charge in [-0.05, 0) is 76.5 Å². The molecule has 2 rings (SSSR count). The molecule has 24 heavy (non-hydrogen) atoms. The first-order chi connectivity index (χ1) is 11.6. The fourth-order valence-electron chi connectivity index (χ4n) is 3.48. The van der Waals surface area contributed by atoms with Crippen LogP contribution >= 0.6 is 0 Å². The van der Waals surface area contributed by atoms with E-state index in [0.29, 0.717) is 0 Å². The van der Waals surface area contributed by atoms with Crippen LogP contribution in [-0.2, 0) is 0 Å². The van der Waals surface area contributed by atoms with Crippen LogP contribution in [0, 0.1) is 6.92 Å². The van der Waals surface area contributed by atoms with Gasteiger partial charge in [0.05, 0.1) is 0 Å². The van der Waals surface area contributed by atoms with Gasteiger partial charge >= 0.3 is 0 Å². The van der Waals surface area contributed by atoms with Gasteiger partial charge in [0.25, 0.3) is 0 Å². The molecule has 4 heteroatoms. The minimum absolute atomic E-state index is 0.110. The molecule has 4 nitrogen and oxygen atoms in total. The van der Waals surface area contributed by atoms with Crippen molar-refractivity contribution in [2.45, 2.75) is 64.7 Å². The fourth-order valence-corrected chi connectivity index (χ4v) is 3.48. The van der Waals surface area contributed by atoms with E-state index >= 15 is 0 Å². The Labute approximate surface area is 147 Å². The van der Waals surface area contributed by atoms with Crippen LogP contribution in [0.2, 0.25) is 0 Å². The van der Waals surface area contributed by atoms with Crippen LogP contribution < -0.4 is 10.1 Å². The molecule has 3 atom stereocenters. The highest BCUT2D eigenvalue weighted by atomic mass is 16.5. The van der Waals surface area contributed by atoms with E-state index in [4.69, 9.17) is 4.74 Å². The second kappa shape index (κ2) is 10.0. The summed E-state index contributed by atoms with van der Waals surface area (Å²) in [5.74, 6) is 0.862. The number of aliphatic hydroxyl groups excluding tert-OH is 1. The zero-order valence-corrected chi connectivity index (χ0v) is 15.5. The maximum Gasteiger partial charge on any atom is 0.126 e. The minimum atomic E-state index is -0.437. The van der Waals surface area contributed by atoms with Crippen molar-refractivity contribution < 1.29 is 9.84 Å². The summed E-state index contributed by atoms with van der Waals surface area (Å²) in [6.45, 7) is 10.7. The lowest BCUT2D eigenvalue weighted by Gasteiger charge is -2.35. The molecule has 0 amide bonds. The summed E-state index contributed by atoms with van der Waals surface area (Å²) in [7, 11) is 0. The zero-order valence-electron chi connectivity index (χ0n) is 15.5. The summed E-state index contributed by atoms with van der Waals surface area (Å²) >= 11 is 0. The van der Waals surface area contributed by atoms with Crippen molar-refractivity contribution in [3.05, 3.63) is 29.8 Å². The summed E-state index contributed by atoms with van der Waals surface area (Å²) in [6, 6.07) is 8.22. The molecule has 1 aliphatic carbocycles. The average Bonchev–Trinajstić information content (AvgIpc) is 2.58. The molecular formula is C20H34N2O2. The Morgan fingerprint density at radius 2 is 2.04 bits per heavy atom. The third-order valence-electron chi connectivity index (χ3n) is 5.03. The number of hydrogen-bond donors (Lipinski definition) is 2. The quantitative estimate of drug-likeness (QED) is 0.682. The summed E-state index contributed by atoms with van der Waals surface area (Å²) in [4.78, 5) is 2.43. The Kier molecular flexibility index (Phi) is 8.03. The highest BCUT2D eigenvalue weighted by molar-refractivity contribution is 5.27. The van der Waals surface area contributed by atoms with E-state index < -0.39 is 6.10 Å². The summed E-state index contributed by atoms with van der Waals surface area (Å²) in [6.07, 6.45) is 3.62. The van der Waals surface area contributed by atoms with Gasteiger partial charge in [0, 0.05) is 6.04 Å². The minimum Gasteiger partial charge on any atom is -0.488 e. The van der Waals surface area contributed by atoms with Gasteiger partial charge in [-0.3, -0.25) is 0 Å². The average molecular weight is 335 g/mol. The lowest BCUT2D eigenvalue weighted by Crippen LogP contribution is -2.51. The van der Waals surface area contributed by atoms with Crippen molar-refractivity contribution >= 4 is 0 Å². The van der Waals surface area contributed by atoms with E-state index in [1.54, 1.807) is 0 Å². The van der Waals surface area contributed by atoms with Crippen molar-refractivity contribution in [2.24, 2.45) is 0 Å². The van der Waals surface area contributed by atoms with E-state index in [-0.39, 0.29) is 12.1 Å². The van der Waals surface area contributed by atoms with E-state index in [1.165, 1.54) is 5.56 Å². The van der Waals surface area contributed by atoms with E-state index in [0.717, 1.165) is 57.6 Å². The van der Waals surface area contributed by atoms with Crippen LogP contribution in [0.4, 0.5) is 0 Å². The Morgan fingerprint density at radius 3 is 2.75 bits per heavy atom. The first-order valence-corrected chi connectivity index (χ1v) is 9.51. The molecular weight excluding hydrogens is 300 g/mol. The highest BCUT2D eigenvalue weighted by Gasteiger charge is 2.32. The van der Waals surface area contributed by atoms with Crippen molar-refractivity contribution in [3.63, 3.8) is 0 Å². The molecule has 0 unspecified atom stereocenters. The molecule has 0 aliphatic heterocycles. The molecule has 136 valence electrons. The second-order valence-electron chi connectivity index (χ2n) is 6.84. The molecule has 1 fully saturated rings. The largest absolute Gasteiger partial charge is 0.488 e. The summed E-state index contributed by atoms with van der Waals surface area (Å²) in [5.41, 5.74) is 1.18. The molecule has 0 spiro atoms. The fraction of sp³-hybridized carbons (Fsp3) is 0.700. The molecule has 2 N–H and O–H groups in total. The van der Waals surface area contributed by atoms with E-state index in [9.17, 15) is 5.11 Å². The molecule has 0 heterocycles. The predicted octanol–water partition coefficient (Wildman–Crippen LogP) is 2.98. The number of ether oxygens (including phenoxy) is 1. The van der Waals surface area contributed by atoms with Gasteiger partial charge in [-0.2, -0.15) is 0 Å². The number of aryl methyl sites for hydroxylation is 1. The van der Waals surface area contributed by atoms with Crippen molar-refractivity contribution in [3.8, 4) is 5.75 Å². The lowest BCUT2D eigenvalue weighted by molar-refractivity contribution is -0.0153. The molecule has 0 saturated heterocycles. The first kappa shape index (κ1) is 19.2. The number of hydrogen-bond acceptors (Lipinski definition) is 4. The topological polar surface area (TPSA) is 44.7 Å². The first-order valence-electron chi connectivity index (χ1n) is 9.51. The summed E-state index contributed by atoms with van der Waals surface area (Å²) < 4.78 is 6.06. The smallest absolute Gasteiger partial charge is 0.126 e. The Balaban J connectivity index is 1.78. The normalized spacial score (nSPS) is 24.3. The molecule has 0 aromatic heterocycles. The zero-order chi connectivity index (χ0) is 17.4. The van der Waals surface area contributed by atoms with Gasteiger partial charge in [-0.15, -0.1) is 0 Å². The van der Waals surface area contributed by atoms with Crippen LogP contribution in [-0.4, -0.2) is 54.4 Å². The SMILES string of the molecule is CCN(CC)CCCN[C@H]1CCC[C@@H](Oc2cccc(C)c2)[C@@H]1O. The molecule has 0 bridgehead atoms. The summed E-state index contributed by atoms with van der Waals surface area (Å²) in [5, 5.41) is 14.2. The van der Waals surface area contributed by atoms with Gasteiger partial charge in [0.1, 0.15) is 18.0 Å². The molecule has 1 aliphatic rings. The second-order valence-corrected chi connectivity index (χ2v) is 6.84. The van der Waals surface area contributed by atoms with Gasteiger partial charge in [-0.25, -0.2) is 0 Å². The van der Waals surface area contributed by atoms with Gasteiger partial charge in [0.15, 0.2) is 0 Å².